The standard InChI is InChI=1S/C18H16N2O4.C10H11NO.ClH/c19-10-12-4-3-6-14(8-12)18(23)20(11-17(21)22)16-9-13-5-1-2-7-15(13)24-16;11-10(12)9-5-4-7-2-1-3-8(7)6-9;/h1-9H,10-11,19H2,(H,21,22);4-6H,1-3H2,(H2,11,12);1H. The Labute approximate surface area is 220 Å². The zero-order valence-electron chi connectivity index (χ0n) is 20.1. The van der Waals surface area contributed by atoms with Gasteiger partial charge in [0.15, 0.2) is 0 Å². The van der Waals surface area contributed by atoms with Crippen LogP contribution in [0.25, 0.3) is 11.0 Å². The van der Waals surface area contributed by atoms with Gasteiger partial charge in [0.1, 0.15) is 12.1 Å². The summed E-state index contributed by atoms with van der Waals surface area (Å²) >= 11 is 0. The quantitative estimate of drug-likeness (QED) is 0.345. The molecule has 0 spiro atoms. The highest BCUT2D eigenvalue weighted by Gasteiger charge is 2.24. The maximum atomic E-state index is 12.8. The third-order valence-electron chi connectivity index (χ3n) is 6.01. The Morgan fingerprint density at radius 1 is 0.892 bits per heavy atom. The van der Waals surface area contributed by atoms with E-state index in [2.05, 4.69) is 0 Å². The van der Waals surface area contributed by atoms with E-state index in [1.165, 1.54) is 17.5 Å². The summed E-state index contributed by atoms with van der Waals surface area (Å²) in [5.41, 5.74) is 15.8. The van der Waals surface area contributed by atoms with Gasteiger partial charge in [0, 0.05) is 29.1 Å². The van der Waals surface area contributed by atoms with Crippen molar-refractivity contribution in [2.24, 2.45) is 11.5 Å². The highest BCUT2D eigenvalue weighted by atomic mass is 35.5. The molecule has 37 heavy (non-hydrogen) atoms. The second-order valence-corrected chi connectivity index (χ2v) is 8.51. The zero-order valence-corrected chi connectivity index (χ0v) is 20.9. The van der Waals surface area contributed by atoms with Crippen molar-refractivity contribution in [2.45, 2.75) is 25.8 Å². The summed E-state index contributed by atoms with van der Waals surface area (Å²) in [6, 6.07) is 21.4. The van der Waals surface area contributed by atoms with E-state index >= 15 is 0 Å². The first-order chi connectivity index (χ1) is 17.4. The Kier molecular flexibility index (Phi) is 9.05. The summed E-state index contributed by atoms with van der Waals surface area (Å²) in [5, 5.41) is 9.96. The van der Waals surface area contributed by atoms with Gasteiger partial charge >= 0.3 is 5.97 Å². The molecule has 2 amide bonds. The van der Waals surface area contributed by atoms with Crippen molar-refractivity contribution in [1.29, 1.82) is 0 Å². The first-order valence-electron chi connectivity index (χ1n) is 11.6. The van der Waals surface area contributed by atoms with Crippen LogP contribution in [0, 0.1) is 0 Å². The molecule has 4 aromatic rings. The Bertz CT molecular complexity index is 1400. The molecule has 9 heteroatoms. The van der Waals surface area contributed by atoms with Crippen LogP contribution in [-0.2, 0) is 24.2 Å². The number of hydrogen-bond donors (Lipinski definition) is 3. The molecule has 192 valence electrons. The maximum Gasteiger partial charge on any atom is 0.323 e. The third kappa shape index (κ3) is 6.55. The average Bonchev–Trinajstić information content (AvgIpc) is 3.53. The molecule has 0 aliphatic heterocycles. The number of halogens is 1. The molecule has 0 fully saturated rings. The fourth-order valence-corrected chi connectivity index (χ4v) is 4.20. The van der Waals surface area contributed by atoms with Gasteiger partial charge in [-0.1, -0.05) is 36.4 Å². The Hall–Kier alpha value is -4.14. The molecule has 1 aromatic heterocycles. The van der Waals surface area contributed by atoms with E-state index in [9.17, 15) is 14.4 Å². The number of aryl methyl sites for hydroxylation is 2. The number of nitrogens with two attached hydrogens (primary N) is 2. The predicted octanol–water partition coefficient (Wildman–Crippen LogP) is 4.32. The van der Waals surface area contributed by atoms with E-state index in [0.717, 1.165) is 28.7 Å². The first kappa shape index (κ1) is 27.4. The van der Waals surface area contributed by atoms with Gasteiger partial charge in [0.05, 0.1) is 0 Å². The Morgan fingerprint density at radius 2 is 1.65 bits per heavy atom. The van der Waals surface area contributed by atoms with Crippen molar-refractivity contribution in [2.75, 3.05) is 11.4 Å². The highest BCUT2D eigenvalue weighted by Crippen LogP contribution is 2.27. The minimum atomic E-state index is -1.13. The van der Waals surface area contributed by atoms with E-state index < -0.39 is 18.4 Å². The molecule has 0 radical (unpaired) electrons. The van der Waals surface area contributed by atoms with E-state index in [1.807, 2.05) is 36.4 Å². The zero-order chi connectivity index (χ0) is 25.7. The molecule has 0 unspecified atom stereocenters. The topological polar surface area (TPSA) is 140 Å². The van der Waals surface area contributed by atoms with Crippen molar-refractivity contribution in [3.05, 3.63) is 101 Å². The molecular weight excluding hydrogens is 494 g/mol. The van der Waals surface area contributed by atoms with Crippen molar-refractivity contribution in [1.82, 2.24) is 0 Å². The second-order valence-electron chi connectivity index (χ2n) is 8.51. The number of furan rings is 1. The monoisotopic (exact) mass is 521 g/mol. The van der Waals surface area contributed by atoms with E-state index in [1.54, 1.807) is 36.4 Å². The molecule has 5 N–H and O–H groups in total. The number of hydrogen-bond acceptors (Lipinski definition) is 5. The summed E-state index contributed by atoms with van der Waals surface area (Å²) in [7, 11) is 0. The number of nitrogens with zero attached hydrogens (tertiary/aromatic N) is 1. The number of primary amides is 1. The van der Waals surface area contributed by atoms with Gasteiger partial charge in [-0.25, -0.2) is 0 Å². The number of carboxylic acids is 1. The average molecular weight is 522 g/mol. The smallest absolute Gasteiger partial charge is 0.323 e. The molecule has 0 bridgehead atoms. The lowest BCUT2D eigenvalue weighted by molar-refractivity contribution is -0.135. The predicted molar refractivity (Wildman–Crippen MR) is 144 cm³/mol. The summed E-state index contributed by atoms with van der Waals surface area (Å²) in [5.74, 6) is -1.71. The molecule has 1 aliphatic carbocycles. The highest BCUT2D eigenvalue weighted by molar-refractivity contribution is 6.08. The number of rotatable bonds is 6. The number of anilines is 1. The summed E-state index contributed by atoms with van der Waals surface area (Å²) in [6.45, 7) is -0.198. The van der Waals surface area contributed by atoms with Crippen molar-refractivity contribution in [3.63, 3.8) is 0 Å². The van der Waals surface area contributed by atoms with Gasteiger partial charge in [-0.05, 0) is 66.3 Å². The van der Waals surface area contributed by atoms with E-state index in [0.29, 0.717) is 23.3 Å². The molecule has 1 heterocycles. The largest absolute Gasteiger partial charge is 0.480 e. The molecular formula is C28H28ClN3O5. The van der Waals surface area contributed by atoms with Gasteiger partial charge in [-0.2, -0.15) is 0 Å². The fourth-order valence-electron chi connectivity index (χ4n) is 4.20. The minimum absolute atomic E-state index is 0. The number of benzene rings is 3. The number of carboxylic acid groups (broad SMARTS) is 1. The van der Waals surface area contributed by atoms with E-state index in [4.69, 9.17) is 21.0 Å². The number of amides is 2. The lowest BCUT2D eigenvalue weighted by Crippen LogP contribution is -2.35. The number of carbonyl (C=O) groups is 3. The Balaban J connectivity index is 0.000000246. The van der Waals surface area contributed by atoms with Gasteiger partial charge < -0.3 is 21.0 Å². The lowest BCUT2D eigenvalue weighted by atomic mass is 10.1. The van der Waals surface area contributed by atoms with Crippen LogP contribution in [-0.4, -0.2) is 29.4 Å². The van der Waals surface area contributed by atoms with Crippen molar-refractivity contribution < 1.29 is 23.9 Å². The van der Waals surface area contributed by atoms with Gasteiger partial charge in [-0.15, -0.1) is 12.4 Å². The number of para-hydroxylation sites is 1. The van der Waals surface area contributed by atoms with Crippen LogP contribution < -0.4 is 16.4 Å². The lowest BCUT2D eigenvalue weighted by Gasteiger charge is -2.18. The molecule has 8 nitrogen and oxygen atoms in total. The van der Waals surface area contributed by atoms with Crippen LogP contribution in [0.5, 0.6) is 0 Å². The Morgan fingerprint density at radius 3 is 2.35 bits per heavy atom. The van der Waals surface area contributed by atoms with E-state index in [-0.39, 0.29) is 24.2 Å². The number of carbonyl (C=O) groups excluding carboxylic acids is 2. The minimum Gasteiger partial charge on any atom is -0.480 e. The second kappa shape index (κ2) is 12.2. The van der Waals surface area contributed by atoms with Crippen molar-refractivity contribution in [3.8, 4) is 0 Å². The van der Waals surface area contributed by atoms with Gasteiger partial charge in [-0.3, -0.25) is 19.3 Å². The molecule has 1 aliphatic rings. The number of fused-ring (bicyclic) bond motifs is 2. The van der Waals surface area contributed by atoms with Gasteiger partial charge in [0.2, 0.25) is 11.8 Å². The van der Waals surface area contributed by atoms with Crippen LogP contribution in [0.4, 0.5) is 5.88 Å². The van der Waals surface area contributed by atoms with Crippen LogP contribution >= 0.6 is 12.4 Å². The van der Waals surface area contributed by atoms with Gasteiger partial charge in [0.25, 0.3) is 5.91 Å². The van der Waals surface area contributed by atoms with Crippen molar-refractivity contribution >= 4 is 47.0 Å². The SMILES string of the molecule is Cl.NC(=O)c1ccc2c(c1)CCC2.NCc1cccc(C(=O)N(CC(=O)O)c2cc3ccccc3o2)c1. The maximum absolute atomic E-state index is 12.8. The summed E-state index contributed by atoms with van der Waals surface area (Å²) in [4.78, 5) is 35.9. The van der Waals surface area contributed by atoms with Crippen LogP contribution in [0.15, 0.2) is 77.2 Å². The molecule has 5 rings (SSSR count). The molecule has 3 aromatic carbocycles. The summed E-state index contributed by atoms with van der Waals surface area (Å²) in [6.07, 6.45) is 3.45. The molecule has 0 saturated heterocycles. The fraction of sp³-hybridized carbons (Fsp3) is 0.179. The molecule has 0 saturated carbocycles. The molecule has 0 atom stereocenters. The van der Waals surface area contributed by atoms with Crippen LogP contribution in [0.3, 0.4) is 0 Å². The van der Waals surface area contributed by atoms with Crippen LogP contribution in [0.1, 0.15) is 43.8 Å². The summed E-state index contributed by atoms with van der Waals surface area (Å²) < 4.78 is 5.65. The van der Waals surface area contributed by atoms with Crippen LogP contribution in [0.2, 0.25) is 0 Å². The normalized spacial score (nSPS) is 11.6. The third-order valence-corrected chi connectivity index (χ3v) is 6.01. The first-order valence-corrected chi connectivity index (χ1v) is 11.6. The number of aliphatic carboxylic acids is 1.